The number of aromatic carboxylic acids is 1. The minimum atomic E-state index is -0.973. The van der Waals surface area contributed by atoms with Gasteiger partial charge in [0.05, 0.1) is 5.56 Å². The fraction of sp³-hybridized carbons (Fsp3) is 0.529. The van der Waals surface area contributed by atoms with Crippen molar-refractivity contribution in [2.75, 3.05) is 5.32 Å². The third kappa shape index (κ3) is 6.43. The van der Waals surface area contributed by atoms with E-state index in [1.165, 1.54) is 31.7 Å². The molecule has 0 bridgehead atoms. The maximum atomic E-state index is 11.8. The van der Waals surface area contributed by atoms with Crippen LogP contribution in [0.25, 0.3) is 0 Å². The normalized spacial score (nSPS) is 10.4. The van der Waals surface area contributed by atoms with Crippen molar-refractivity contribution in [3.63, 3.8) is 0 Å². The molecule has 0 saturated carbocycles. The molecule has 1 aromatic carbocycles. The van der Waals surface area contributed by atoms with Crippen molar-refractivity contribution in [1.82, 2.24) is 0 Å². The van der Waals surface area contributed by atoms with E-state index in [9.17, 15) is 9.59 Å². The lowest BCUT2D eigenvalue weighted by atomic mass is 10.1. The quantitative estimate of drug-likeness (QED) is 0.663. The smallest absolute Gasteiger partial charge is 0.336 e. The number of carboxylic acid groups (broad SMARTS) is 1. The van der Waals surface area contributed by atoms with Gasteiger partial charge in [0.15, 0.2) is 0 Å². The Labute approximate surface area is 126 Å². The minimum absolute atomic E-state index is 0.0503. The summed E-state index contributed by atoms with van der Waals surface area (Å²) in [5.41, 5.74) is 1.47. The van der Waals surface area contributed by atoms with Gasteiger partial charge >= 0.3 is 5.97 Å². The van der Waals surface area contributed by atoms with Crippen molar-refractivity contribution in [3.05, 3.63) is 29.3 Å². The van der Waals surface area contributed by atoms with Crippen LogP contribution in [0.2, 0.25) is 0 Å². The molecule has 0 spiro atoms. The Kier molecular flexibility index (Phi) is 7.51. The molecule has 0 aromatic heterocycles. The van der Waals surface area contributed by atoms with Gasteiger partial charge in [-0.25, -0.2) is 4.79 Å². The van der Waals surface area contributed by atoms with Crippen LogP contribution >= 0.6 is 0 Å². The minimum Gasteiger partial charge on any atom is -0.478 e. The number of nitrogens with one attached hydrogen (secondary N) is 1. The van der Waals surface area contributed by atoms with Gasteiger partial charge in [0.1, 0.15) is 0 Å². The number of unbranched alkanes of at least 4 members (excludes halogenated alkanes) is 5. The third-order valence-electron chi connectivity index (χ3n) is 3.51. The molecule has 1 aromatic rings. The molecule has 0 fully saturated rings. The maximum absolute atomic E-state index is 11.8. The number of carbonyl (C=O) groups is 2. The van der Waals surface area contributed by atoms with Gasteiger partial charge in [-0.05, 0) is 31.0 Å². The molecule has 0 radical (unpaired) electrons. The predicted octanol–water partition coefficient (Wildman–Crippen LogP) is 4.38. The summed E-state index contributed by atoms with van der Waals surface area (Å²) in [6.45, 7) is 3.92. The van der Waals surface area contributed by atoms with E-state index < -0.39 is 5.97 Å². The standard InChI is InChI=1S/C17H25NO3/c1-3-4-5-6-7-8-9-16(19)18-14-11-10-13(2)15(12-14)17(20)21/h10-12H,3-9H2,1-2H3,(H,18,19)(H,20,21). The molecule has 116 valence electrons. The second kappa shape index (κ2) is 9.16. The van der Waals surface area contributed by atoms with Crippen molar-refractivity contribution in [2.45, 2.75) is 58.8 Å². The summed E-state index contributed by atoms with van der Waals surface area (Å²) >= 11 is 0. The molecular weight excluding hydrogens is 266 g/mol. The second-order valence-corrected chi connectivity index (χ2v) is 5.40. The molecule has 0 aliphatic carbocycles. The van der Waals surface area contributed by atoms with Crippen LogP contribution in [0, 0.1) is 6.92 Å². The summed E-state index contributed by atoms with van der Waals surface area (Å²) in [5.74, 6) is -1.02. The van der Waals surface area contributed by atoms with Gasteiger partial charge in [0.25, 0.3) is 0 Å². The third-order valence-corrected chi connectivity index (χ3v) is 3.51. The van der Waals surface area contributed by atoms with E-state index in [1.54, 1.807) is 19.1 Å². The van der Waals surface area contributed by atoms with E-state index >= 15 is 0 Å². The summed E-state index contributed by atoms with van der Waals surface area (Å²) in [4.78, 5) is 22.9. The summed E-state index contributed by atoms with van der Waals surface area (Å²) in [6, 6.07) is 4.96. The summed E-state index contributed by atoms with van der Waals surface area (Å²) < 4.78 is 0. The summed E-state index contributed by atoms with van der Waals surface area (Å²) in [5, 5.41) is 11.8. The van der Waals surface area contributed by atoms with Gasteiger partial charge in [-0.3, -0.25) is 4.79 Å². The van der Waals surface area contributed by atoms with Crippen molar-refractivity contribution in [1.29, 1.82) is 0 Å². The Bertz CT molecular complexity index is 483. The fourth-order valence-electron chi connectivity index (χ4n) is 2.22. The average Bonchev–Trinajstić information content (AvgIpc) is 2.44. The summed E-state index contributed by atoms with van der Waals surface area (Å²) in [7, 11) is 0. The number of carbonyl (C=O) groups excluding carboxylic acids is 1. The Morgan fingerprint density at radius 3 is 2.43 bits per heavy atom. The van der Waals surface area contributed by atoms with E-state index in [4.69, 9.17) is 5.11 Å². The molecule has 1 amide bonds. The molecule has 2 N–H and O–H groups in total. The Balaban J connectivity index is 2.38. The second-order valence-electron chi connectivity index (χ2n) is 5.40. The van der Waals surface area contributed by atoms with E-state index in [2.05, 4.69) is 12.2 Å². The first kappa shape index (κ1) is 17.2. The molecule has 0 unspecified atom stereocenters. The van der Waals surface area contributed by atoms with Gasteiger partial charge in [-0.2, -0.15) is 0 Å². The first-order chi connectivity index (χ1) is 10.0. The molecule has 1 rings (SSSR count). The van der Waals surface area contributed by atoms with Crippen LogP contribution in [0.4, 0.5) is 5.69 Å². The van der Waals surface area contributed by atoms with Crippen LogP contribution in [0.3, 0.4) is 0 Å². The first-order valence-electron chi connectivity index (χ1n) is 7.68. The molecule has 4 nitrogen and oxygen atoms in total. The zero-order chi connectivity index (χ0) is 15.7. The monoisotopic (exact) mass is 291 g/mol. The number of carboxylic acids is 1. The van der Waals surface area contributed by atoms with Crippen molar-refractivity contribution in [2.24, 2.45) is 0 Å². The molecule has 0 aliphatic heterocycles. The lowest BCUT2D eigenvalue weighted by Gasteiger charge is -2.08. The number of benzene rings is 1. The predicted molar refractivity (Wildman–Crippen MR) is 84.8 cm³/mol. The Hall–Kier alpha value is -1.84. The van der Waals surface area contributed by atoms with Crippen molar-refractivity contribution >= 4 is 17.6 Å². The van der Waals surface area contributed by atoms with Crippen LogP contribution in [0.5, 0.6) is 0 Å². The SMILES string of the molecule is CCCCCCCCC(=O)Nc1ccc(C)c(C(=O)O)c1. The average molecular weight is 291 g/mol. The Morgan fingerprint density at radius 2 is 1.76 bits per heavy atom. The highest BCUT2D eigenvalue weighted by atomic mass is 16.4. The lowest BCUT2D eigenvalue weighted by Crippen LogP contribution is -2.12. The number of hydrogen-bond acceptors (Lipinski definition) is 2. The van der Waals surface area contributed by atoms with E-state index in [1.807, 2.05) is 0 Å². The molecule has 0 atom stereocenters. The molecule has 21 heavy (non-hydrogen) atoms. The van der Waals surface area contributed by atoms with Crippen LogP contribution in [-0.4, -0.2) is 17.0 Å². The van der Waals surface area contributed by atoms with Gasteiger partial charge in [-0.1, -0.05) is 45.1 Å². The number of hydrogen-bond donors (Lipinski definition) is 2. The zero-order valence-electron chi connectivity index (χ0n) is 12.9. The van der Waals surface area contributed by atoms with Gasteiger partial charge in [0.2, 0.25) is 5.91 Å². The maximum Gasteiger partial charge on any atom is 0.336 e. The summed E-state index contributed by atoms with van der Waals surface area (Å²) in [6.07, 6.45) is 7.33. The van der Waals surface area contributed by atoms with Gasteiger partial charge in [0, 0.05) is 12.1 Å². The van der Waals surface area contributed by atoms with Crippen LogP contribution in [-0.2, 0) is 4.79 Å². The van der Waals surface area contributed by atoms with Crippen molar-refractivity contribution in [3.8, 4) is 0 Å². The molecule has 0 heterocycles. The van der Waals surface area contributed by atoms with E-state index in [-0.39, 0.29) is 11.5 Å². The van der Waals surface area contributed by atoms with Crippen molar-refractivity contribution < 1.29 is 14.7 Å². The largest absolute Gasteiger partial charge is 0.478 e. The number of rotatable bonds is 9. The van der Waals surface area contributed by atoms with Crippen LogP contribution in [0.15, 0.2) is 18.2 Å². The highest BCUT2D eigenvalue weighted by molar-refractivity contribution is 5.94. The number of aryl methyl sites for hydroxylation is 1. The van der Waals surface area contributed by atoms with Gasteiger partial charge < -0.3 is 10.4 Å². The number of anilines is 1. The van der Waals surface area contributed by atoms with Crippen LogP contribution < -0.4 is 5.32 Å². The highest BCUT2D eigenvalue weighted by Gasteiger charge is 2.09. The first-order valence-corrected chi connectivity index (χ1v) is 7.68. The van der Waals surface area contributed by atoms with E-state index in [0.29, 0.717) is 17.7 Å². The van der Waals surface area contributed by atoms with Crippen LogP contribution in [0.1, 0.15) is 67.8 Å². The van der Waals surface area contributed by atoms with E-state index in [0.717, 1.165) is 12.8 Å². The number of amides is 1. The molecule has 0 saturated heterocycles. The fourth-order valence-corrected chi connectivity index (χ4v) is 2.22. The molecule has 4 heteroatoms. The van der Waals surface area contributed by atoms with Gasteiger partial charge in [-0.15, -0.1) is 0 Å². The molecular formula is C17H25NO3. The molecule has 0 aliphatic rings. The zero-order valence-corrected chi connectivity index (χ0v) is 12.9. The highest BCUT2D eigenvalue weighted by Crippen LogP contribution is 2.16. The topological polar surface area (TPSA) is 66.4 Å². The Morgan fingerprint density at radius 1 is 1.10 bits per heavy atom. The lowest BCUT2D eigenvalue weighted by molar-refractivity contribution is -0.116.